The van der Waals surface area contributed by atoms with Crippen molar-refractivity contribution in [2.75, 3.05) is 0 Å². The van der Waals surface area contributed by atoms with Crippen molar-refractivity contribution in [1.29, 1.82) is 0 Å². The highest BCUT2D eigenvalue weighted by Crippen LogP contribution is 2.32. The highest BCUT2D eigenvalue weighted by atomic mass is 35.5. The maximum absolute atomic E-state index is 13.4. The van der Waals surface area contributed by atoms with Crippen LogP contribution in [0.3, 0.4) is 0 Å². The third kappa shape index (κ3) is 3.00. The van der Waals surface area contributed by atoms with Crippen molar-refractivity contribution in [3.8, 4) is 11.5 Å². The van der Waals surface area contributed by atoms with E-state index in [2.05, 4.69) is 0 Å². The van der Waals surface area contributed by atoms with Gasteiger partial charge in [-0.05, 0) is 12.1 Å². The molecule has 20 heavy (non-hydrogen) atoms. The zero-order valence-electron chi connectivity index (χ0n) is 10.1. The first kappa shape index (κ1) is 14.1. The average Bonchev–Trinajstić information content (AvgIpc) is 2.41. The topological polar surface area (TPSA) is 66.8 Å². The molecule has 0 unspecified atom stereocenters. The van der Waals surface area contributed by atoms with E-state index in [1.165, 1.54) is 12.1 Å². The summed E-state index contributed by atoms with van der Waals surface area (Å²) < 4.78 is 18.7. The van der Waals surface area contributed by atoms with Crippen LogP contribution in [-0.2, 0) is 6.61 Å². The standard InChI is InChI=1S/C14H10ClFO4/c15-11-6-9(5-10(13(11)17)14(18)19)20-7-8-3-1-2-4-12(8)16/h1-6,17H,7H2,(H,18,19). The second kappa shape index (κ2) is 5.79. The average molecular weight is 297 g/mol. The van der Waals surface area contributed by atoms with E-state index in [-0.39, 0.29) is 22.9 Å². The summed E-state index contributed by atoms with van der Waals surface area (Å²) in [7, 11) is 0. The molecule has 0 aliphatic heterocycles. The smallest absolute Gasteiger partial charge is 0.339 e. The molecule has 0 aliphatic carbocycles. The van der Waals surface area contributed by atoms with Crippen molar-refractivity contribution in [2.24, 2.45) is 0 Å². The molecule has 2 N–H and O–H groups in total. The fourth-order valence-electron chi connectivity index (χ4n) is 1.60. The van der Waals surface area contributed by atoms with Crippen molar-refractivity contribution in [3.63, 3.8) is 0 Å². The number of halogens is 2. The van der Waals surface area contributed by atoms with E-state index in [0.29, 0.717) is 5.56 Å². The fourth-order valence-corrected chi connectivity index (χ4v) is 1.81. The predicted molar refractivity (Wildman–Crippen MR) is 70.8 cm³/mol. The van der Waals surface area contributed by atoms with Crippen LogP contribution >= 0.6 is 11.6 Å². The van der Waals surface area contributed by atoms with E-state index in [1.807, 2.05) is 0 Å². The van der Waals surface area contributed by atoms with Gasteiger partial charge in [0, 0.05) is 11.6 Å². The molecule has 0 radical (unpaired) electrons. The maximum atomic E-state index is 13.4. The largest absolute Gasteiger partial charge is 0.505 e. The zero-order chi connectivity index (χ0) is 14.7. The second-order valence-electron chi connectivity index (χ2n) is 3.99. The highest BCUT2D eigenvalue weighted by molar-refractivity contribution is 6.32. The maximum Gasteiger partial charge on any atom is 0.339 e. The molecule has 0 spiro atoms. The Morgan fingerprint density at radius 1 is 1.30 bits per heavy atom. The third-order valence-electron chi connectivity index (χ3n) is 2.62. The van der Waals surface area contributed by atoms with Gasteiger partial charge >= 0.3 is 5.97 Å². The Balaban J connectivity index is 2.22. The van der Waals surface area contributed by atoms with Crippen LogP contribution < -0.4 is 4.74 Å². The summed E-state index contributed by atoms with van der Waals surface area (Å²) in [5.41, 5.74) is -0.0467. The number of rotatable bonds is 4. The number of ether oxygens (including phenoxy) is 1. The summed E-state index contributed by atoms with van der Waals surface area (Å²) >= 11 is 5.71. The van der Waals surface area contributed by atoms with Gasteiger partial charge in [0.1, 0.15) is 29.5 Å². The number of aromatic hydroxyl groups is 1. The van der Waals surface area contributed by atoms with E-state index in [9.17, 15) is 14.3 Å². The summed E-state index contributed by atoms with van der Waals surface area (Å²) in [5.74, 6) is -2.15. The Labute approximate surface area is 119 Å². The molecule has 2 aromatic carbocycles. The minimum Gasteiger partial charge on any atom is -0.505 e. The number of phenols is 1. The molecule has 0 saturated carbocycles. The quantitative estimate of drug-likeness (QED) is 0.906. The first-order valence-electron chi connectivity index (χ1n) is 5.61. The van der Waals surface area contributed by atoms with Gasteiger partial charge in [-0.3, -0.25) is 0 Å². The summed E-state index contributed by atoms with van der Waals surface area (Å²) in [6.07, 6.45) is 0. The molecule has 104 valence electrons. The van der Waals surface area contributed by atoms with Crippen LogP contribution in [-0.4, -0.2) is 16.2 Å². The normalized spacial score (nSPS) is 10.3. The zero-order valence-corrected chi connectivity index (χ0v) is 10.9. The van der Waals surface area contributed by atoms with Crippen LogP contribution in [0.1, 0.15) is 15.9 Å². The van der Waals surface area contributed by atoms with Gasteiger partial charge in [-0.15, -0.1) is 0 Å². The van der Waals surface area contributed by atoms with Gasteiger partial charge in [-0.2, -0.15) is 0 Å². The molecule has 2 aromatic rings. The molecule has 6 heteroatoms. The lowest BCUT2D eigenvalue weighted by Crippen LogP contribution is -2.01. The van der Waals surface area contributed by atoms with Crippen LogP contribution in [0.5, 0.6) is 11.5 Å². The molecule has 0 atom stereocenters. The van der Waals surface area contributed by atoms with E-state index in [1.54, 1.807) is 18.2 Å². The number of carboxylic acids is 1. The number of benzene rings is 2. The highest BCUT2D eigenvalue weighted by Gasteiger charge is 2.15. The van der Waals surface area contributed by atoms with Crippen LogP contribution in [0.15, 0.2) is 36.4 Å². The Kier molecular flexibility index (Phi) is 4.10. The SMILES string of the molecule is O=C(O)c1cc(OCc2ccccc2F)cc(Cl)c1O. The molecule has 0 aliphatic rings. The van der Waals surface area contributed by atoms with E-state index in [4.69, 9.17) is 21.4 Å². The Morgan fingerprint density at radius 3 is 2.65 bits per heavy atom. The van der Waals surface area contributed by atoms with Gasteiger partial charge in [0.25, 0.3) is 0 Å². The molecule has 4 nitrogen and oxygen atoms in total. The predicted octanol–water partition coefficient (Wildman–Crippen LogP) is 3.46. The van der Waals surface area contributed by atoms with Crippen LogP contribution in [0.25, 0.3) is 0 Å². The van der Waals surface area contributed by atoms with Crippen molar-refractivity contribution >= 4 is 17.6 Å². The number of aromatic carboxylic acids is 1. The molecular formula is C14H10ClFO4. The number of hydrogen-bond acceptors (Lipinski definition) is 3. The van der Waals surface area contributed by atoms with E-state index < -0.39 is 17.5 Å². The van der Waals surface area contributed by atoms with Crippen molar-refractivity contribution in [3.05, 3.63) is 58.4 Å². The van der Waals surface area contributed by atoms with Gasteiger partial charge in [0.05, 0.1) is 5.02 Å². The lowest BCUT2D eigenvalue weighted by Gasteiger charge is -2.10. The van der Waals surface area contributed by atoms with E-state index in [0.717, 1.165) is 6.07 Å². The number of carbonyl (C=O) groups is 1. The van der Waals surface area contributed by atoms with Crippen molar-refractivity contribution < 1.29 is 24.1 Å². The minimum absolute atomic E-state index is 0.0766. The second-order valence-corrected chi connectivity index (χ2v) is 4.39. The molecule has 0 heterocycles. The summed E-state index contributed by atoms with van der Waals surface area (Å²) in [6, 6.07) is 8.46. The number of hydrogen-bond donors (Lipinski definition) is 2. The number of carboxylic acid groups (broad SMARTS) is 1. The molecule has 0 fully saturated rings. The third-order valence-corrected chi connectivity index (χ3v) is 2.91. The van der Waals surface area contributed by atoms with Gasteiger partial charge in [-0.25, -0.2) is 9.18 Å². The molecule has 0 saturated heterocycles. The first-order chi connectivity index (χ1) is 9.49. The van der Waals surface area contributed by atoms with Gasteiger partial charge in [-0.1, -0.05) is 29.8 Å². The first-order valence-corrected chi connectivity index (χ1v) is 5.99. The molecular weight excluding hydrogens is 287 g/mol. The summed E-state index contributed by atoms with van der Waals surface area (Å²) in [5, 5.41) is 18.3. The molecule has 0 aromatic heterocycles. The Hall–Kier alpha value is -2.27. The van der Waals surface area contributed by atoms with Crippen LogP contribution in [0.2, 0.25) is 5.02 Å². The Bertz CT molecular complexity index is 658. The lowest BCUT2D eigenvalue weighted by molar-refractivity contribution is 0.0693. The molecule has 0 amide bonds. The van der Waals surface area contributed by atoms with E-state index >= 15 is 0 Å². The molecule has 2 rings (SSSR count). The summed E-state index contributed by atoms with van der Waals surface area (Å²) in [6.45, 7) is -0.0766. The van der Waals surface area contributed by atoms with Crippen LogP contribution in [0.4, 0.5) is 4.39 Å². The van der Waals surface area contributed by atoms with Crippen molar-refractivity contribution in [1.82, 2.24) is 0 Å². The van der Waals surface area contributed by atoms with Gasteiger partial charge in [0.15, 0.2) is 0 Å². The van der Waals surface area contributed by atoms with Crippen LogP contribution in [0, 0.1) is 5.82 Å². The fraction of sp³-hybridized carbons (Fsp3) is 0.0714. The minimum atomic E-state index is -1.33. The molecule has 0 bridgehead atoms. The van der Waals surface area contributed by atoms with Gasteiger partial charge in [0.2, 0.25) is 0 Å². The Morgan fingerprint density at radius 2 is 2.00 bits per heavy atom. The summed E-state index contributed by atoms with van der Waals surface area (Å²) in [4.78, 5) is 10.9. The van der Waals surface area contributed by atoms with Crippen molar-refractivity contribution in [2.45, 2.75) is 6.61 Å². The monoisotopic (exact) mass is 296 g/mol. The lowest BCUT2D eigenvalue weighted by atomic mass is 10.2. The van der Waals surface area contributed by atoms with Gasteiger partial charge < -0.3 is 14.9 Å².